The third kappa shape index (κ3) is 2.52. The van der Waals surface area contributed by atoms with Crippen LogP contribution in [-0.2, 0) is 6.18 Å². The van der Waals surface area contributed by atoms with Crippen LogP contribution in [0.1, 0.15) is 29.3 Å². The summed E-state index contributed by atoms with van der Waals surface area (Å²) < 4.78 is 38.8. The van der Waals surface area contributed by atoms with Gasteiger partial charge in [0, 0.05) is 12.6 Å². The number of ketones is 1. The highest BCUT2D eigenvalue weighted by Crippen LogP contribution is 2.29. The summed E-state index contributed by atoms with van der Waals surface area (Å²) in [6.45, 7) is 1.60. The Kier molecular flexibility index (Phi) is 3.52. The van der Waals surface area contributed by atoms with Crippen molar-refractivity contribution in [3.05, 3.63) is 51.9 Å². The van der Waals surface area contributed by atoms with Crippen LogP contribution in [0.15, 0.2) is 35.3 Å². The summed E-state index contributed by atoms with van der Waals surface area (Å²) >= 11 is 0. The maximum atomic E-state index is 12.6. The van der Waals surface area contributed by atoms with Crippen molar-refractivity contribution in [1.29, 1.82) is 0 Å². The molecule has 0 spiro atoms. The van der Waals surface area contributed by atoms with Crippen LogP contribution in [0.4, 0.5) is 13.2 Å². The van der Waals surface area contributed by atoms with Gasteiger partial charge >= 0.3 is 6.18 Å². The molecule has 0 unspecified atom stereocenters. The van der Waals surface area contributed by atoms with E-state index in [9.17, 15) is 22.8 Å². The van der Waals surface area contributed by atoms with Gasteiger partial charge < -0.3 is 0 Å². The van der Waals surface area contributed by atoms with Gasteiger partial charge in [-0.3, -0.25) is 14.7 Å². The number of carbonyl (C=O) groups is 1. The minimum atomic E-state index is -4.49. The fraction of sp³-hybridized carbons (Fsp3) is 0.231. The number of Topliss-reactive ketones (excluding diaryl/α,β-unsaturated/α-hetero) is 1. The fourth-order valence-electron chi connectivity index (χ4n) is 1.77. The molecule has 1 aromatic heterocycles. The first kappa shape index (κ1) is 14.1. The number of hydrogen-bond donors (Lipinski definition) is 1. The normalized spacial score (nSPS) is 11.6. The van der Waals surface area contributed by atoms with E-state index in [0.717, 1.165) is 16.8 Å². The molecule has 106 valence electrons. The fourth-order valence-corrected chi connectivity index (χ4v) is 1.77. The van der Waals surface area contributed by atoms with Gasteiger partial charge in [0.05, 0.1) is 11.3 Å². The molecule has 0 fully saturated rings. The number of halogens is 3. The number of alkyl halides is 3. The lowest BCUT2D eigenvalue weighted by molar-refractivity contribution is -0.137. The van der Waals surface area contributed by atoms with E-state index in [2.05, 4.69) is 5.10 Å². The van der Waals surface area contributed by atoms with Gasteiger partial charge in [-0.15, -0.1) is 0 Å². The highest BCUT2D eigenvalue weighted by molar-refractivity contribution is 5.95. The van der Waals surface area contributed by atoms with E-state index in [0.29, 0.717) is 0 Å². The molecule has 1 heterocycles. The lowest BCUT2D eigenvalue weighted by atomic mass is 10.2. The Labute approximate surface area is 111 Å². The van der Waals surface area contributed by atoms with Gasteiger partial charge in [-0.05, 0) is 18.2 Å². The smallest absolute Gasteiger partial charge is 0.297 e. The second-order valence-electron chi connectivity index (χ2n) is 4.15. The Bertz CT molecular complexity index is 698. The summed E-state index contributed by atoms with van der Waals surface area (Å²) in [7, 11) is 0. The predicted octanol–water partition coefficient (Wildman–Crippen LogP) is 2.78. The molecule has 2 rings (SSSR count). The molecule has 20 heavy (non-hydrogen) atoms. The molecule has 0 bridgehead atoms. The van der Waals surface area contributed by atoms with Crippen LogP contribution in [0.2, 0.25) is 0 Å². The second-order valence-corrected chi connectivity index (χ2v) is 4.15. The molecule has 1 N–H and O–H groups in total. The van der Waals surface area contributed by atoms with Gasteiger partial charge in [0.1, 0.15) is 5.56 Å². The van der Waals surface area contributed by atoms with Crippen molar-refractivity contribution in [3.8, 4) is 5.69 Å². The lowest BCUT2D eigenvalue weighted by Gasteiger charge is -2.08. The number of nitrogens with one attached hydrogen (secondary N) is 1. The van der Waals surface area contributed by atoms with Crippen molar-refractivity contribution < 1.29 is 18.0 Å². The molecule has 0 aliphatic heterocycles. The van der Waals surface area contributed by atoms with Crippen LogP contribution < -0.4 is 5.56 Å². The van der Waals surface area contributed by atoms with Crippen molar-refractivity contribution in [2.75, 3.05) is 0 Å². The number of aromatic nitrogens is 2. The summed E-state index contributed by atoms with van der Waals surface area (Å²) in [5, 5.41) is 2.50. The zero-order valence-electron chi connectivity index (χ0n) is 10.5. The summed E-state index contributed by atoms with van der Waals surface area (Å²) in [4.78, 5) is 23.5. The molecule has 0 saturated heterocycles. The molecule has 0 radical (unpaired) electrons. The zero-order valence-corrected chi connectivity index (χ0v) is 10.5. The van der Waals surface area contributed by atoms with Gasteiger partial charge in [-0.2, -0.15) is 13.2 Å². The maximum absolute atomic E-state index is 12.6. The Balaban J connectivity index is 2.51. The van der Waals surface area contributed by atoms with Gasteiger partial charge in [-0.25, -0.2) is 4.68 Å². The molecule has 1 aromatic carbocycles. The van der Waals surface area contributed by atoms with E-state index in [1.165, 1.54) is 18.3 Å². The first-order valence-corrected chi connectivity index (χ1v) is 5.86. The van der Waals surface area contributed by atoms with Crippen LogP contribution in [0, 0.1) is 0 Å². The summed E-state index contributed by atoms with van der Waals surface area (Å²) in [5.74, 6) is -0.364. The molecule has 0 saturated carbocycles. The second kappa shape index (κ2) is 4.99. The molecule has 0 atom stereocenters. The predicted molar refractivity (Wildman–Crippen MR) is 66.0 cm³/mol. The number of carbonyl (C=O) groups excluding carboxylic acids is 1. The number of hydrogen-bond acceptors (Lipinski definition) is 2. The molecule has 0 amide bonds. The number of aromatic amines is 1. The number of nitrogens with zero attached hydrogens (tertiary/aromatic N) is 1. The Morgan fingerprint density at radius 3 is 2.65 bits per heavy atom. The largest absolute Gasteiger partial charge is 0.416 e. The molecular formula is C13H11F3N2O2. The third-order valence-corrected chi connectivity index (χ3v) is 2.82. The zero-order chi connectivity index (χ0) is 14.9. The van der Waals surface area contributed by atoms with Crippen LogP contribution in [0.3, 0.4) is 0 Å². The van der Waals surface area contributed by atoms with Crippen LogP contribution in [0.25, 0.3) is 5.69 Å². The van der Waals surface area contributed by atoms with Gasteiger partial charge in [0.15, 0.2) is 5.78 Å². The molecule has 0 aliphatic rings. The highest BCUT2D eigenvalue weighted by atomic mass is 19.4. The Hall–Kier alpha value is -2.31. The van der Waals surface area contributed by atoms with Crippen molar-refractivity contribution in [2.24, 2.45) is 0 Å². The number of benzene rings is 1. The van der Waals surface area contributed by atoms with Crippen molar-refractivity contribution in [3.63, 3.8) is 0 Å². The van der Waals surface area contributed by atoms with Crippen LogP contribution in [0.5, 0.6) is 0 Å². The molecule has 7 heteroatoms. The van der Waals surface area contributed by atoms with Crippen LogP contribution >= 0.6 is 0 Å². The summed E-state index contributed by atoms with van der Waals surface area (Å²) in [6, 6.07) is 4.31. The minimum absolute atomic E-state index is 0.0278. The van der Waals surface area contributed by atoms with Gasteiger partial charge in [0.25, 0.3) is 5.56 Å². The average molecular weight is 284 g/mol. The van der Waals surface area contributed by atoms with E-state index in [4.69, 9.17) is 0 Å². The Morgan fingerprint density at radius 1 is 1.35 bits per heavy atom. The standard InChI is InChI=1S/C13H11F3N2O2/c1-2-11(19)10-7-17-18(12(10)20)9-5-3-4-8(6-9)13(14,15)16/h3-7,17H,2H2,1H3. The average Bonchev–Trinajstić information content (AvgIpc) is 2.79. The van der Waals surface area contributed by atoms with E-state index in [-0.39, 0.29) is 23.5 Å². The molecule has 2 aromatic rings. The molecular weight excluding hydrogens is 273 g/mol. The topological polar surface area (TPSA) is 54.9 Å². The van der Waals surface area contributed by atoms with Gasteiger partial charge in [0.2, 0.25) is 0 Å². The monoisotopic (exact) mass is 284 g/mol. The quantitative estimate of drug-likeness (QED) is 0.881. The lowest BCUT2D eigenvalue weighted by Crippen LogP contribution is -2.20. The van der Waals surface area contributed by atoms with Crippen molar-refractivity contribution in [1.82, 2.24) is 9.78 Å². The number of H-pyrrole nitrogens is 1. The minimum Gasteiger partial charge on any atom is -0.297 e. The summed E-state index contributed by atoms with van der Waals surface area (Å²) in [6.07, 6.45) is -3.14. The van der Waals surface area contributed by atoms with Crippen LogP contribution in [-0.4, -0.2) is 15.6 Å². The number of rotatable bonds is 3. The molecule has 0 aliphatic carbocycles. The SMILES string of the molecule is CCC(=O)c1c[nH]n(-c2cccc(C(F)(F)F)c2)c1=O. The Morgan fingerprint density at radius 2 is 2.05 bits per heavy atom. The highest BCUT2D eigenvalue weighted by Gasteiger charge is 2.30. The third-order valence-electron chi connectivity index (χ3n) is 2.82. The van der Waals surface area contributed by atoms with E-state index < -0.39 is 17.3 Å². The maximum Gasteiger partial charge on any atom is 0.416 e. The first-order valence-electron chi connectivity index (χ1n) is 5.86. The van der Waals surface area contributed by atoms with Crippen molar-refractivity contribution in [2.45, 2.75) is 19.5 Å². The first-order chi connectivity index (χ1) is 9.34. The molecule has 4 nitrogen and oxygen atoms in total. The van der Waals surface area contributed by atoms with E-state index in [1.54, 1.807) is 6.92 Å². The van der Waals surface area contributed by atoms with E-state index >= 15 is 0 Å². The van der Waals surface area contributed by atoms with Crippen molar-refractivity contribution >= 4 is 5.78 Å². The van der Waals surface area contributed by atoms with E-state index in [1.807, 2.05) is 0 Å². The summed E-state index contributed by atoms with van der Waals surface area (Å²) in [5.41, 5.74) is -1.55. The van der Waals surface area contributed by atoms with Gasteiger partial charge in [-0.1, -0.05) is 13.0 Å².